The lowest BCUT2D eigenvalue weighted by Crippen LogP contribution is -2.58. The lowest BCUT2D eigenvalue weighted by Gasteiger charge is -2.63. The van der Waals surface area contributed by atoms with Gasteiger partial charge < -0.3 is 16.0 Å². The summed E-state index contributed by atoms with van der Waals surface area (Å²) in [7, 11) is 0. The maximum absolute atomic E-state index is 13.0. The third-order valence-corrected chi connectivity index (χ3v) is 8.52. The Bertz CT molecular complexity index is 1030. The highest BCUT2D eigenvalue weighted by molar-refractivity contribution is 7.14. The van der Waals surface area contributed by atoms with Crippen LogP contribution in [0.5, 0.6) is 0 Å². The molecule has 8 heteroatoms. The molecular formula is C24H29ClN4O2S. The van der Waals surface area contributed by atoms with Gasteiger partial charge in [-0.15, -0.1) is 11.3 Å². The monoisotopic (exact) mass is 472 g/mol. The minimum atomic E-state index is -0.453. The van der Waals surface area contributed by atoms with Crippen molar-refractivity contribution < 1.29 is 9.59 Å². The predicted octanol–water partition coefficient (Wildman–Crippen LogP) is 4.85. The molecule has 4 aliphatic rings. The number of thiophene rings is 1. The van der Waals surface area contributed by atoms with Gasteiger partial charge in [-0.1, -0.05) is 11.6 Å². The van der Waals surface area contributed by atoms with Gasteiger partial charge in [0.05, 0.1) is 27.3 Å². The average Bonchev–Trinajstić information content (AvgIpc) is 3.36. The molecule has 0 radical (unpaired) electrons. The highest BCUT2D eigenvalue weighted by Crippen LogP contribution is 2.66. The van der Waals surface area contributed by atoms with Crippen LogP contribution in [0.2, 0.25) is 5.02 Å². The van der Waals surface area contributed by atoms with Crippen LogP contribution in [0.4, 0.5) is 5.69 Å². The zero-order valence-electron chi connectivity index (χ0n) is 18.4. The molecule has 0 aliphatic heterocycles. The number of hydrogen-bond donors (Lipinski definition) is 3. The Morgan fingerprint density at radius 3 is 2.69 bits per heavy atom. The number of aryl methyl sites for hydroxylation is 1. The standard InChI is InChI=1S/C24H29ClN4O2S/c1-13-18(7-16(25)12-26-13)27-14(2)20-5-6-21(32-20)23(31)29-19(22(30)28-17-3-4-17)11-24-8-15(9-24)10-24/h5-7,12,14-15,17,19,27H,3-4,8-11H2,1-2H3,(H,28,30)(H,29,31). The summed E-state index contributed by atoms with van der Waals surface area (Å²) in [4.78, 5) is 31.8. The van der Waals surface area contributed by atoms with E-state index in [-0.39, 0.29) is 23.3 Å². The minimum absolute atomic E-state index is 0.00439. The number of carbonyl (C=O) groups excluding carboxylic acids is 2. The average molecular weight is 473 g/mol. The van der Waals surface area contributed by atoms with Gasteiger partial charge in [-0.25, -0.2) is 0 Å². The summed E-state index contributed by atoms with van der Waals surface area (Å²) < 4.78 is 0. The summed E-state index contributed by atoms with van der Waals surface area (Å²) >= 11 is 7.53. The van der Waals surface area contributed by atoms with Crippen LogP contribution in [-0.2, 0) is 4.79 Å². The first-order valence-corrected chi connectivity index (χ1v) is 12.6. The SMILES string of the molecule is Cc1ncc(Cl)cc1NC(C)c1ccc(C(=O)NC(CC23CC(C2)C3)C(=O)NC2CC2)s1. The van der Waals surface area contributed by atoms with Crippen molar-refractivity contribution >= 4 is 40.4 Å². The van der Waals surface area contributed by atoms with Gasteiger partial charge in [0.25, 0.3) is 5.91 Å². The molecule has 2 amide bonds. The van der Waals surface area contributed by atoms with E-state index in [9.17, 15) is 9.59 Å². The smallest absolute Gasteiger partial charge is 0.262 e. The van der Waals surface area contributed by atoms with E-state index in [1.54, 1.807) is 6.20 Å². The van der Waals surface area contributed by atoms with Crippen LogP contribution in [0.15, 0.2) is 24.4 Å². The minimum Gasteiger partial charge on any atom is -0.376 e. The first-order valence-electron chi connectivity index (χ1n) is 11.4. The number of hydrogen-bond acceptors (Lipinski definition) is 5. The van der Waals surface area contributed by atoms with Crippen molar-refractivity contribution in [3.63, 3.8) is 0 Å². The number of nitrogens with zero attached hydrogens (tertiary/aromatic N) is 1. The fraction of sp³-hybridized carbons (Fsp3) is 0.542. The molecule has 170 valence electrons. The van der Waals surface area contributed by atoms with Gasteiger partial charge in [0.1, 0.15) is 6.04 Å². The van der Waals surface area contributed by atoms with Crippen molar-refractivity contribution in [2.45, 2.75) is 70.5 Å². The van der Waals surface area contributed by atoms with E-state index in [2.05, 4.69) is 20.9 Å². The fourth-order valence-corrected chi connectivity index (χ4v) is 6.05. The molecule has 0 spiro atoms. The summed E-state index contributed by atoms with van der Waals surface area (Å²) in [5, 5.41) is 10.1. The number of anilines is 1. The van der Waals surface area contributed by atoms with Crippen molar-refractivity contribution in [3.8, 4) is 0 Å². The summed E-state index contributed by atoms with van der Waals surface area (Å²) in [6.07, 6.45) is 8.09. The molecule has 3 N–H and O–H groups in total. The van der Waals surface area contributed by atoms with Gasteiger partial charge in [0.2, 0.25) is 5.91 Å². The summed E-state index contributed by atoms with van der Waals surface area (Å²) in [5.41, 5.74) is 2.03. The van der Waals surface area contributed by atoms with E-state index in [4.69, 9.17) is 11.6 Å². The van der Waals surface area contributed by atoms with Crippen LogP contribution >= 0.6 is 22.9 Å². The first-order chi connectivity index (χ1) is 15.3. The summed E-state index contributed by atoms with van der Waals surface area (Å²) in [5.74, 6) is 0.655. The molecule has 2 aromatic heterocycles. The number of rotatable bonds is 9. The van der Waals surface area contributed by atoms with E-state index in [1.807, 2.05) is 32.0 Å². The van der Waals surface area contributed by atoms with Crippen LogP contribution < -0.4 is 16.0 Å². The van der Waals surface area contributed by atoms with E-state index in [0.717, 1.165) is 41.4 Å². The Morgan fingerprint density at radius 1 is 1.28 bits per heavy atom. The fourth-order valence-electron chi connectivity index (χ4n) is 4.97. The third kappa shape index (κ3) is 4.50. The summed E-state index contributed by atoms with van der Waals surface area (Å²) in [6.45, 7) is 3.97. The molecule has 0 saturated heterocycles. The van der Waals surface area contributed by atoms with Crippen molar-refractivity contribution in [2.24, 2.45) is 11.3 Å². The van der Waals surface area contributed by atoms with Crippen molar-refractivity contribution in [3.05, 3.63) is 44.9 Å². The number of carbonyl (C=O) groups is 2. The number of aromatic nitrogens is 1. The molecule has 6 rings (SSSR count). The molecule has 4 aliphatic carbocycles. The first kappa shape index (κ1) is 21.7. The molecule has 2 atom stereocenters. The van der Waals surface area contributed by atoms with Crippen LogP contribution in [0.25, 0.3) is 0 Å². The van der Waals surface area contributed by atoms with E-state index in [1.165, 1.54) is 30.6 Å². The van der Waals surface area contributed by atoms with Gasteiger partial charge in [0, 0.05) is 17.1 Å². The number of amides is 2. The van der Waals surface area contributed by atoms with E-state index < -0.39 is 6.04 Å². The third-order valence-electron chi connectivity index (χ3n) is 7.05. The zero-order valence-corrected chi connectivity index (χ0v) is 20.0. The van der Waals surface area contributed by atoms with Gasteiger partial charge in [-0.2, -0.15) is 0 Å². The normalized spacial score (nSPS) is 25.2. The van der Waals surface area contributed by atoms with Crippen molar-refractivity contribution in [1.29, 1.82) is 0 Å². The maximum Gasteiger partial charge on any atom is 0.262 e. The Labute approximate surface area is 197 Å². The Morgan fingerprint density at radius 2 is 2.03 bits per heavy atom. The van der Waals surface area contributed by atoms with Crippen molar-refractivity contribution in [2.75, 3.05) is 5.32 Å². The molecule has 2 unspecified atom stereocenters. The molecule has 4 saturated carbocycles. The second kappa shape index (κ2) is 8.34. The van der Waals surface area contributed by atoms with Crippen LogP contribution in [-0.4, -0.2) is 28.9 Å². The molecule has 6 nitrogen and oxygen atoms in total. The molecule has 0 aromatic carbocycles. The van der Waals surface area contributed by atoms with Gasteiger partial charge in [-0.05, 0) is 81.9 Å². The van der Waals surface area contributed by atoms with Gasteiger partial charge in [-0.3, -0.25) is 14.6 Å². The molecule has 2 bridgehead atoms. The van der Waals surface area contributed by atoms with Crippen LogP contribution in [0.3, 0.4) is 0 Å². The second-order valence-corrected chi connectivity index (χ2v) is 11.4. The highest BCUT2D eigenvalue weighted by Gasteiger charge is 2.57. The van der Waals surface area contributed by atoms with Crippen molar-refractivity contribution in [1.82, 2.24) is 15.6 Å². The van der Waals surface area contributed by atoms with Gasteiger partial charge >= 0.3 is 0 Å². The maximum atomic E-state index is 13.0. The van der Waals surface area contributed by atoms with Crippen LogP contribution in [0, 0.1) is 18.3 Å². The Balaban J connectivity index is 1.24. The molecule has 2 aromatic rings. The molecular weight excluding hydrogens is 444 g/mol. The Hall–Kier alpha value is -2.12. The largest absolute Gasteiger partial charge is 0.376 e. The zero-order chi connectivity index (χ0) is 22.5. The van der Waals surface area contributed by atoms with Gasteiger partial charge in [0.15, 0.2) is 0 Å². The lowest BCUT2D eigenvalue weighted by atomic mass is 9.43. The molecule has 4 fully saturated rings. The number of halogens is 1. The van der Waals surface area contributed by atoms with E-state index in [0.29, 0.717) is 15.9 Å². The Kier molecular flexibility index (Phi) is 5.66. The van der Waals surface area contributed by atoms with E-state index >= 15 is 0 Å². The quantitative estimate of drug-likeness (QED) is 0.487. The number of nitrogens with one attached hydrogen (secondary N) is 3. The number of pyridine rings is 1. The topological polar surface area (TPSA) is 83.1 Å². The molecule has 32 heavy (non-hydrogen) atoms. The molecule has 2 heterocycles. The van der Waals surface area contributed by atoms with Crippen LogP contribution in [0.1, 0.15) is 71.7 Å². The second-order valence-electron chi connectivity index (χ2n) is 9.85. The summed E-state index contributed by atoms with van der Waals surface area (Å²) in [6, 6.07) is 5.49. The predicted molar refractivity (Wildman–Crippen MR) is 127 cm³/mol. The highest BCUT2D eigenvalue weighted by atomic mass is 35.5. The lowest BCUT2D eigenvalue weighted by molar-refractivity contribution is -0.136.